The van der Waals surface area contributed by atoms with Crippen LogP contribution in [0.4, 0.5) is 10.8 Å². The SMILES string of the molecule is COc1ccc(-c2csc(NC(=O)C(C)Sc3ccc(NC(=O)c4ccc(Cl)cc4Cl)cc3)n2)cc1OC. The summed E-state index contributed by atoms with van der Waals surface area (Å²) in [6.07, 6.45) is 0. The Morgan fingerprint density at radius 1 is 0.947 bits per heavy atom. The number of rotatable bonds is 9. The van der Waals surface area contributed by atoms with Crippen LogP contribution in [0.3, 0.4) is 0 Å². The molecule has 4 aromatic rings. The molecular formula is C27H23Cl2N3O4S2. The van der Waals surface area contributed by atoms with Gasteiger partial charge in [0.1, 0.15) is 0 Å². The van der Waals surface area contributed by atoms with Crippen LogP contribution in [0.25, 0.3) is 11.3 Å². The Hall–Kier alpha value is -3.24. The smallest absolute Gasteiger partial charge is 0.257 e. The van der Waals surface area contributed by atoms with E-state index in [2.05, 4.69) is 15.6 Å². The van der Waals surface area contributed by atoms with Gasteiger partial charge in [0, 0.05) is 26.5 Å². The topological polar surface area (TPSA) is 89.6 Å². The third-order valence-electron chi connectivity index (χ3n) is 5.38. The molecular weight excluding hydrogens is 565 g/mol. The van der Waals surface area contributed by atoms with Gasteiger partial charge in [0.25, 0.3) is 5.91 Å². The summed E-state index contributed by atoms with van der Waals surface area (Å²) >= 11 is 14.8. The first kappa shape index (κ1) is 27.8. The minimum atomic E-state index is -0.378. The Balaban J connectivity index is 1.33. The Bertz CT molecular complexity index is 1460. The number of thioether (sulfide) groups is 1. The summed E-state index contributed by atoms with van der Waals surface area (Å²) in [6, 6.07) is 17.5. The van der Waals surface area contributed by atoms with Crippen LogP contribution in [0.1, 0.15) is 17.3 Å². The van der Waals surface area contributed by atoms with E-state index in [9.17, 15) is 9.59 Å². The fourth-order valence-electron chi connectivity index (χ4n) is 3.41. The molecule has 3 aromatic carbocycles. The van der Waals surface area contributed by atoms with Crippen LogP contribution < -0.4 is 20.1 Å². The maximum absolute atomic E-state index is 12.8. The van der Waals surface area contributed by atoms with Crippen molar-refractivity contribution in [3.8, 4) is 22.8 Å². The second kappa shape index (κ2) is 12.5. The third kappa shape index (κ3) is 6.79. The van der Waals surface area contributed by atoms with E-state index in [0.29, 0.717) is 32.9 Å². The van der Waals surface area contributed by atoms with E-state index in [1.54, 1.807) is 38.5 Å². The average Bonchev–Trinajstić information content (AvgIpc) is 3.37. The second-order valence-corrected chi connectivity index (χ2v) is 11.1. The monoisotopic (exact) mass is 587 g/mol. The molecule has 1 atom stereocenters. The van der Waals surface area contributed by atoms with Gasteiger partial charge in [-0.3, -0.25) is 9.59 Å². The first-order valence-corrected chi connectivity index (χ1v) is 13.8. The Morgan fingerprint density at radius 3 is 2.37 bits per heavy atom. The summed E-state index contributed by atoms with van der Waals surface area (Å²) in [5.74, 6) is 0.730. The molecule has 0 spiro atoms. The van der Waals surface area contributed by atoms with Crippen LogP contribution in [0.2, 0.25) is 10.0 Å². The van der Waals surface area contributed by atoms with Gasteiger partial charge in [0.15, 0.2) is 16.6 Å². The van der Waals surface area contributed by atoms with Crippen LogP contribution in [-0.2, 0) is 4.79 Å². The molecule has 0 fully saturated rings. The zero-order valence-corrected chi connectivity index (χ0v) is 23.7. The van der Waals surface area contributed by atoms with E-state index < -0.39 is 0 Å². The highest BCUT2D eigenvalue weighted by molar-refractivity contribution is 8.00. The van der Waals surface area contributed by atoms with Crippen molar-refractivity contribution in [1.29, 1.82) is 0 Å². The molecule has 0 aliphatic heterocycles. The van der Waals surface area contributed by atoms with Crippen LogP contribution in [0.15, 0.2) is 70.9 Å². The lowest BCUT2D eigenvalue weighted by Crippen LogP contribution is -2.22. The summed E-state index contributed by atoms with van der Waals surface area (Å²) in [6.45, 7) is 1.82. The van der Waals surface area contributed by atoms with Crippen LogP contribution in [-0.4, -0.2) is 36.3 Å². The van der Waals surface area contributed by atoms with Crippen LogP contribution in [0, 0.1) is 0 Å². The number of amides is 2. The second-order valence-electron chi connectivity index (χ2n) is 7.96. The van der Waals surface area contributed by atoms with Crippen molar-refractivity contribution >= 4 is 68.9 Å². The molecule has 0 saturated heterocycles. The molecule has 38 heavy (non-hydrogen) atoms. The first-order valence-electron chi connectivity index (χ1n) is 11.3. The average molecular weight is 589 g/mol. The van der Waals surface area contributed by atoms with E-state index >= 15 is 0 Å². The highest BCUT2D eigenvalue weighted by Crippen LogP contribution is 2.34. The number of aromatic nitrogens is 1. The van der Waals surface area contributed by atoms with E-state index in [0.717, 1.165) is 16.2 Å². The van der Waals surface area contributed by atoms with Gasteiger partial charge in [0.05, 0.1) is 35.7 Å². The van der Waals surface area contributed by atoms with Crippen molar-refractivity contribution in [3.63, 3.8) is 0 Å². The number of thiazole rings is 1. The lowest BCUT2D eigenvalue weighted by atomic mass is 10.1. The van der Waals surface area contributed by atoms with E-state index in [4.69, 9.17) is 32.7 Å². The minimum absolute atomic E-state index is 0.169. The molecule has 2 N–H and O–H groups in total. The summed E-state index contributed by atoms with van der Waals surface area (Å²) in [7, 11) is 3.16. The molecule has 0 aliphatic carbocycles. The van der Waals surface area contributed by atoms with Crippen LogP contribution in [0.5, 0.6) is 11.5 Å². The van der Waals surface area contributed by atoms with Crippen molar-refractivity contribution in [2.45, 2.75) is 17.1 Å². The fraction of sp³-hybridized carbons (Fsp3) is 0.148. The van der Waals surface area contributed by atoms with Gasteiger partial charge >= 0.3 is 0 Å². The predicted molar refractivity (Wildman–Crippen MR) is 155 cm³/mol. The summed E-state index contributed by atoms with van der Waals surface area (Å²) in [4.78, 5) is 30.7. The summed E-state index contributed by atoms with van der Waals surface area (Å²) in [5, 5.41) is 8.42. The molecule has 1 heterocycles. The number of hydrogen-bond donors (Lipinski definition) is 2. The van der Waals surface area contributed by atoms with Gasteiger partial charge in [-0.05, 0) is 67.6 Å². The molecule has 7 nitrogen and oxygen atoms in total. The molecule has 0 saturated carbocycles. The van der Waals surface area contributed by atoms with Gasteiger partial charge in [0.2, 0.25) is 5.91 Å². The maximum Gasteiger partial charge on any atom is 0.257 e. The lowest BCUT2D eigenvalue weighted by molar-refractivity contribution is -0.115. The largest absolute Gasteiger partial charge is 0.493 e. The highest BCUT2D eigenvalue weighted by Gasteiger charge is 2.17. The zero-order valence-electron chi connectivity index (χ0n) is 20.6. The molecule has 4 rings (SSSR count). The van der Waals surface area contributed by atoms with Gasteiger partial charge < -0.3 is 20.1 Å². The Morgan fingerprint density at radius 2 is 1.68 bits per heavy atom. The molecule has 0 radical (unpaired) electrons. The number of nitrogens with one attached hydrogen (secondary N) is 2. The van der Waals surface area contributed by atoms with Crippen molar-refractivity contribution in [2.24, 2.45) is 0 Å². The van der Waals surface area contributed by atoms with Crippen molar-refractivity contribution in [2.75, 3.05) is 24.9 Å². The maximum atomic E-state index is 12.8. The minimum Gasteiger partial charge on any atom is -0.493 e. The number of nitrogens with zero attached hydrogens (tertiary/aromatic N) is 1. The van der Waals surface area contributed by atoms with Crippen molar-refractivity contribution in [3.05, 3.63) is 81.7 Å². The summed E-state index contributed by atoms with van der Waals surface area (Å²) < 4.78 is 10.6. The number of hydrogen-bond acceptors (Lipinski definition) is 7. The van der Waals surface area contributed by atoms with E-state index in [-0.39, 0.29) is 22.1 Å². The predicted octanol–water partition coefficient (Wildman–Crippen LogP) is 7.51. The highest BCUT2D eigenvalue weighted by atomic mass is 35.5. The molecule has 196 valence electrons. The normalized spacial score (nSPS) is 11.5. The standard InChI is InChI=1S/C27H23Cl2N3O4S2/c1-15(25(33)32-27-31-22(14-37-27)16-4-11-23(35-2)24(12-16)36-3)38-19-8-6-18(7-9-19)30-26(34)20-10-5-17(28)13-21(20)29/h4-15H,1-3H3,(H,30,34)(H,31,32,33). The van der Waals surface area contributed by atoms with E-state index in [1.165, 1.54) is 29.2 Å². The molecule has 0 aliphatic rings. The lowest BCUT2D eigenvalue weighted by Gasteiger charge is -2.12. The first-order chi connectivity index (χ1) is 18.3. The van der Waals surface area contributed by atoms with Gasteiger partial charge in [-0.15, -0.1) is 23.1 Å². The molecule has 2 amide bonds. The van der Waals surface area contributed by atoms with Gasteiger partial charge in [-0.1, -0.05) is 23.2 Å². The number of methoxy groups -OCH3 is 2. The Kier molecular flexibility index (Phi) is 9.17. The number of benzene rings is 3. The number of anilines is 2. The zero-order chi connectivity index (χ0) is 27.2. The molecule has 1 unspecified atom stereocenters. The number of carbonyl (C=O) groups excluding carboxylic acids is 2. The molecule has 1 aromatic heterocycles. The van der Waals surface area contributed by atoms with Crippen LogP contribution >= 0.6 is 46.3 Å². The number of carbonyl (C=O) groups is 2. The van der Waals surface area contributed by atoms with Gasteiger partial charge in [-0.2, -0.15) is 0 Å². The van der Waals surface area contributed by atoms with Gasteiger partial charge in [-0.25, -0.2) is 4.98 Å². The molecule has 0 bridgehead atoms. The van der Waals surface area contributed by atoms with Crippen molar-refractivity contribution in [1.82, 2.24) is 4.98 Å². The van der Waals surface area contributed by atoms with E-state index in [1.807, 2.05) is 42.6 Å². The Labute approximate surface area is 238 Å². The number of ether oxygens (including phenoxy) is 2. The summed E-state index contributed by atoms with van der Waals surface area (Å²) in [5.41, 5.74) is 2.51. The quantitative estimate of drug-likeness (QED) is 0.197. The third-order valence-corrected chi connectivity index (χ3v) is 7.80. The van der Waals surface area contributed by atoms with Crippen molar-refractivity contribution < 1.29 is 19.1 Å². The molecule has 11 heteroatoms. The number of halogens is 2. The fourth-order valence-corrected chi connectivity index (χ4v) is 5.50.